The first kappa shape index (κ1) is 18.2. The largest absolute Gasteiger partial charge is 0.433 e. The second kappa shape index (κ2) is 6.97. The fourth-order valence-corrected chi connectivity index (χ4v) is 3.15. The Hall–Kier alpha value is -2.58. The third kappa shape index (κ3) is 3.81. The lowest BCUT2D eigenvalue weighted by molar-refractivity contribution is -0.141. The Morgan fingerprint density at radius 1 is 1.23 bits per heavy atom. The van der Waals surface area contributed by atoms with Gasteiger partial charge in [-0.2, -0.15) is 18.3 Å². The minimum Gasteiger partial charge on any atom is -0.370 e. The van der Waals surface area contributed by atoms with Crippen molar-refractivity contribution in [2.75, 3.05) is 25.0 Å². The summed E-state index contributed by atoms with van der Waals surface area (Å²) in [4.78, 5) is 19.7. The Kier molecular flexibility index (Phi) is 4.88. The van der Waals surface area contributed by atoms with E-state index < -0.39 is 11.9 Å². The zero-order valence-corrected chi connectivity index (χ0v) is 14.6. The van der Waals surface area contributed by atoms with E-state index in [-0.39, 0.29) is 11.9 Å². The maximum absolute atomic E-state index is 12.6. The van der Waals surface area contributed by atoms with Gasteiger partial charge < -0.3 is 9.80 Å². The van der Waals surface area contributed by atoms with Gasteiger partial charge in [0.1, 0.15) is 5.69 Å². The van der Waals surface area contributed by atoms with Crippen LogP contribution in [0.2, 0.25) is 0 Å². The molecule has 0 aliphatic carbocycles. The molecule has 2 aromatic rings. The molecule has 2 aromatic heterocycles. The summed E-state index contributed by atoms with van der Waals surface area (Å²) in [5.74, 6) is -0.0762. The van der Waals surface area contributed by atoms with Crippen LogP contribution in [0.1, 0.15) is 28.9 Å². The number of hydrogen-bond acceptors (Lipinski definition) is 4. The van der Waals surface area contributed by atoms with Gasteiger partial charge in [-0.25, -0.2) is 4.98 Å². The smallest absolute Gasteiger partial charge is 0.370 e. The molecule has 3 heterocycles. The molecule has 1 aliphatic heterocycles. The van der Waals surface area contributed by atoms with Crippen molar-refractivity contribution in [3.05, 3.63) is 42.0 Å². The minimum absolute atomic E-state index is 0.0762. The second-order valence-corrected chi connectivity index (χ2v) is 6.44. The number of amides is 1. The van der Waals surface area contributed by atoms with Gasteiger partial charge in [0, 0.05) is 39.4 Å². The fraction of sp³-hybridized carbons (Fsp3) is 0.471. The molecule has 6 nitrogen and oxygen atoms in total. The van der Waals surface area contributed by atoms with Crippen molar-refractivity contribution in [3.8, 4) is 0 Å². The summed E-state index contributed by atoms with van der Waals surface area (Å²) in [7, 11) is 3.53. The topological polar surface area (TPSA) is 54.3 Å². The van der Waals surface area contributed by atoms with E-state index in [1.807, 2.05) is 4.90 Å². The summed E-state index contributed by atoms with van der Waals surface area (Å²) in [6.07, 6.45) is 1.53. The first-order valence-electron chi connectivity index (χ1n) is 8.29. The molecule has 0 aromatic carbocycles. The molecule has 3 rings (SSSR count). The highest BCUT2D eigenvalue weighted by Gasteiger charge is 2.32. The van der Waals surface area contributed by atoms with Crippen LogP contribution < -0.4 is 4.90 Å². The highest BCUT2D eigenvalue weighted by Crippen LogP contribution is 2.29. The van der Waals surface area contributed by atoms with Gasteiger partial charge in [-0.15, -0.1) is 0 Å². The number of aryl methyl sites for hydroxylation is 1. The number of halogens is 3. The van der Waals surface area contributed by atoms with E-state index in [1.54, 1.807) is 36.1 Å². The Morgan fingerprint density at radius 2 is 1.92 bits per heavy atom. The zero-order valence-electron chi connectivity index (χ0n) is 14.6. The van der Waals surface area contributed by atoms with Crippen LogP contribution in [-0.2, 0) is 13.2 Å². The average molecular weight is 367 g/mol. The highest BCUT2D eigenvalue weighted by atomic mass is 19.4. The molecular weight excluding hydrogens is 347 g/mol. The number of alkyl halides is 3. The van der Waals surface area contributed by atoms with E-state index in [1.165, 1.54) is 12.3 Å². The van der Waals surface area contributed by atoms with Gasteiger partial charge in [-0.3, -0.25) is 9.48 Å². The molecule has 0 spiro atoms. The lowest BCUT2D eigenvalue weighted by Crippen LogP contribution is -2.45. The quantitative estimate of drug-likeness (QED) is 0.837. The third-order valence-electron chi connectivity index (χ3n) is 4.69. The molecule has 1 aliphatic rings. The Balaban J connectivity index is 1.59. The summed E-state index contributed by atoms with van der Waals surface area (Å²) in [6, 6.07) is 2.53. The van der Waals surface area contributed by atoms with E-state index in [0.29, 0.717) is 24.3 Å². The number of nitrogens with zero attached hydrogens (tertiary/aromatic N) is 5. The fourth-order valence-electron chi connectivity index (χ4n) is 3.15. The van der Waals surface area contributed by atoms with E-state index >= 15 is 0 Å². The normalized spacial score (nSPS) is 16.0. The van der Waals surface area contributed by atoms with Crippen LogP contribution in [0, 0.1) is 0 Å². The maximum atomic E-state index is 12.6. The molecule has 0 unspecified atom stereocenters. The first-order chi connectivity index (χ1) is 12.3. The van der Waals surface area contributed by atoms with Crippen molar-refractivity contribution in [1.29, 1.82) is 0 Å². The molecule has 0 radical (unpaired) electrons. The van der Waals surface area contributed by atoms with Crippen LogP contribution in [0.15, 0.2) is 30.7 Å². The van der Waals surface area contributed by atoms with E-state index in [9.17, 15) is 18.0 Å². The standard InChI is InChI=1S/C17H20F3N5O/c1-23-11-12(9-22-23)16(26)24(2)13-5-7-25(8-6-13)14-3-4-15(21-10-14)17(18,19)20/h3-4,9-11,13H,5-8H2,1-2H3. The van der Waals surface area contributed by atoms with Gasteiger partial charge in [-0.05, 0) is 25.0 Å². The number of aromatic nitrogens is 3. The number of carbonyl (C=O) groups is 1. The molecular formula is C17H20F3N5O. The predicted octanol–water partition coefficient (Wildman–Crippen LogP) is 2.57. The van der Waals surface area contributed by atoms with E-state index in [0.717, 1.165) is 18.9 Å². The van der Waals surface area contributed by atoms with E-state index in [4.69, 9.17) is 0 Å². The Labute approximate surface area is 149 Å². The van der Waals surface area contributed by atoms with Gasteiger partial charge >= 0.3 is 6.18 Å². The summed E-state index contributed by atoms with van der Waals surface area (Å²) in [5, 5.41) is 4.02. The highest BCUT2D eigenvalue weighted by molar-refractivity contribution is 5.93. The third-order valence-corrected chi connectivity index (χ3v) is 4.69. The Bertz CT molecular complexity index is 763. The number of anilines is 1. The summed E-state index contributed by atoms with van der Waals surface area (Å²) < 4.78 is 39.4. The summed E-state index contributed by atoms with van der Waals surface area (Å²) >= 11 is 0. The SMILES string of the molecule is CN(C(=O)c1cnn(C)c1)C1CCN(c2ccc(C(F)(F)F)nc2)CC1. The predicted molar refractivity (Wildman–Crippen MR) is 89.8 cm³/mol. The maximum Gasteiger partial charge on any atom is 0.433 e. The van der Waals surface area contributed by atoms with Crippen molar-refractivity contribution in [1.82, 2.24) is 19.7 Å². The van der Waals surface area contributed by atoms with Gasteiger partial charge in [0.2, 0.25) is 0 Å². The van der Waals surface area contributed by atoms with Gasteiger partial charge in [0.25, 0.3) is 5.91 Å². The minimum atomic E-state index is -4.43. The number of rotatable bonds is 3. The molecule has 1 saturated heterocycles. The molecule has 1 fully saturated rings. The van der Waals surface area contributed by atoms with Crippen LogP contribution in [0.5, 0.6) is 0 Å². The van der Waals surface area contributed by atoms with Crippen molar-refractivity contribution in [3.63, 3.8) is 0 Å². The molecule has 0 saturated carbocycles. The number of pyridine rings is 1. The van der Waals surface area contributed by atoms with Gasteiger partial charge in [0.15, 0.2) is 0 Å². The monoisotopic (exact) mass is 367 g/mol. The van der Waals surface area contributed by atoms with Crippen molar-refractivity contribution in [2.45, 2.75) is 25.1 Å². The first-order valence-corrected chi connectivity index (χ1v) is 8.29. The lowest BCUT2D eigenvalue weighted by atomic mass is 10.0. The summed E-state index contributed by atoms with van der Waals surface area (Å²) in [5.41, 5.74) is 0.319. The number of carbonyl (C=O) groups excluding carboxylic acids is 1. The van der Waals surface area contributed by atoms with Crippen LogP contribution >= 0.6 is 0 Å². The van der Waals surface area contributed by atoms with Crippen LogP contribution in [-0.4, -0.2) is 51.8 Å². The second-order valence-electron chi connectivity index (χ2n) is 6.44. The van der Waals surface area contributed by atoms with E-state index in [2.05, 4.69) is 10.1 Å². The lowest BCUT2D eigenvalue weighted by Gasteiger charge is -2.37. The van der Waals surface area contributed by atoms with Gasteiger partial charge in [-0.1, -0.05) is 0 Å². The molecule has 1 amide bonds. The molecule has 0 atom stereocenters. The molecule has 0 bridgehead atoms. The van der Waals surface area contributed by atoms with Crippen LogP contribution in [0.25, 0.3) is 0 Å². The van der Waals surface area contributed by atoms with Crippen molar-refractivity contribution in [2.24, 2.45) is 7.05 Å². The van der Waals surface area contributed by atoms with Crippen molar-refractivity contribution >= 4 is 11.6 Å². The molecule has 140 valence electrons. The molecule has 0 N–H and O–H groups in total. The number of piperidine rings is 1. The zero-order chi connectivity index (χ0) is 18.9. The van der Waals surface area contributed by atoms with Crippen LogP contribution in [0.3, 0.4) is 0 Å². The molecule has 26 heavy (non-hydrogen) atoms. The molecule has 9 heteroatoms. The average Bonchev–Trinajstić information content (AvgIpc) is 3.06. The number of hydrogen-bond donors (Lipinski definition) is 0. The van der Waals surface area contributed by atoms with Crippen molar-refractivity contribution < 1.29 is 18.0 Å². The Morgan fingerprint density at radius 3 is 2.42 bits per heavy atom. The van der Waals surface area contributed by atoms with Gasteiger partial charge in [0.05, 0.1) is 23.6 Å². The summed E-state index contributed by atoms with van der Waals surface area (Å²) in [6.45, 7) is 1.31. The van der Waals surface area contributed by atoms with Crippen LogP contribution in [0.4, 0.5) is 18.9 Å².